The normalized spacial score (nSPS) is 10.2. The molecule has 0 radical (unpaired) electrons. The molecule has 0 saturated heterocycles. The van der Waals surface area contributed by atoms with Gasteiger partial charge in [0.05, 0.1) is 6.42 Å². The number of amides is 2. The summed E-state index contributed by atoms with van der Waals surface area (Å²) in [4.78, 5) is 35.5. The number of carbonyl (C=O) groups is 3. The van der Waals surface area contributed by atoms with Gasteiger partial charge in [0.1, 0.15) is 0 Å². The van der Waals surface area contributed by atoms with Crippen LogP contribution < -0.4 is 10.6 Å². The van der Waals surface area contributed by atoms with Gasteiger partial charge in [-0.25, -0.2) is 0 Å². The zero-order valence-corrected chi connectivity index (χ0v) is 15.8. The van der Waals surface area contributed by atoms with Gasteiger partial charge in [0.25, 0.3) is 5.91 Å². The molecule has 0 atom stereocenters. The average molecular weight is 368 g/mol. The van der Waals surface area contributed by atoms with Crippen LogP contribution in [0.2, 0.25) is 0 Å². The topological polar surface area (TPSA) is 84.5 Å². The van der Waals surface area contributed by atoms with Gasteiger partial charge in [-0.3, -0.25) is 14.4 Å². The standard InChI is InChI=1S/C21H24N2O4/c1-14-8-9-17(12-16(14)3)22-19(24)10-11-21(26)27-13-20(25)23-18-7-5-4-6-15(18)2/h4-9,12H,10-11,13H2,1-3H3,(H,22,24)(H,23,25). The minimum atomic E-state index is -0.592. The van der Waals surface area contributed by atoms with E-state index in [1.807, 2.05) is 57.2 Å². The monoisotopic (exact) mass is 368 g/mol. The fraction of sp³-hybridized carbons (Fsp3) is 0.286. The summed E-state index contributed by atoms with van der Waals surface area (Å²) in [7, 11) is 0. The van der Waals surface area contributed by atoms with Gasteiger partial charge in [0.15, 0.2) is 6.61 Å². The van der Waals surface area contributed by atoms with Crippen molar-refractivity contribution in [2.24, 2.45) is 0 Å². The minimum Gasteiger partial charge on any atom is -0.456 e. The molecule has 2 N–H and O–H groups in total. The summed E-state index contributed by atoms with van der Waals surface area (Å²) in [5.41, 5.74) is 4.49. The lowest BCUT2D eigenvalue weighted by Crippen LogP contribution is -2.22. The van der Waals surface area contributed by atoms with Crippen LogP contribution in [0.5, 0.6) is 0 Å². The van der Waals surface area contributed by atoms with Crippen LogP contribution in [0.1, 0.15) is 29.5 Å². The molecule has 6 nitrogen and oxygen atoms in total. The van der Waals surface area contributed by atoms with Gasteiger partial charge < -0.3 is 15.4 Å². The van der Waals surface area contributed by atoms with Crippen LogP contribution in [-0.2, 0) is 19.1 Å². The van der Waals surface area contributed by atoms with E-state index in [4.69, 9.17) is 4.74 Å². The van der Waals surface area contributed by atoms with Gasteiger partial charge in [-0.1, -0.05) is 24.3 Å². The highest BCUT2D eigenvalue weighted by Gasteiger charge is 2.11. The lowest BCUT2D eigenvalue weighted by Gasteiger charge is -2.09. The number of anilines is 2. The molecule has 0 aliphatic rings. The van der Waals surface area contributed by atoms with E-state index < -0.39 is 11.9 Å². The number of hydrogen-bond donors (Lipinski definition) is 2. The first kappa shape index (κ1) is 20.2. The Morgan fingerprint density at radius 1 is 0.815 bits per heavy atom. The van der Waals surface area contributed by atoms with E-state index in [9.17, 15) is 14.4 Å². The van der Waals surface area contributed by atoms with Gasteiger partial charge >= 0.3 is 5.97 Å². The van der Waals surface area contributed by atoms with Crippen molar-refractivity contribution in [1.82, 2.24) is 0 Å². The molecule has 27 heavy (non-hydrogen) atoms. The lowest BCUT2D eigenvalue weighted by atomic mass is 10.1. The number of ether oxygens (including phenoxy) is 1. The zero-order valence-electron chi connectivity index (χ0n) is 15.8. The maximum absolute atomic E-state index is 11.9. The van der Waals surface area contributed by atoms with Crippen LogP contribution in [0, 0.1) is 20.8 Å². The summed E-state index contributed by atoms with van der Waals surface area (Å²) in [5.74, 6) is -1.29. The van der Waals surface area contributed by atoms with Gasteiger partial charge in [-0.2, -0.15) is 0 Å². The van der Waals surface area contributed by atoms with Gasteiger partial charge in [-0.05, 0) is 55.7 Å². The molecule has 0 heterocycles. The summed E-state index contributed by atoms with van der Waals surface area (Å²) >= 11 is 0. The highest BCUT2D eigenvalue weighted by molar-refractivity contribution is 5.94. The van der Waals surface area contributed by atoms with E-state index in [1.54, 1.807) is 6.07 Å². The second kappa shape index (κ2) is 9.52. The molecule has 0 fully saturated rings. The van der Waals surface area contributed by atoms with E-state index in [2.05, 4.69) is 10.6 Å². The molecule has 2 rings (SSSR count). The van der Waals surface area contributed by atoms with E-state index in [0.717, 1.165) is 16.7 Å². The summed E-state index contributed by atoms with van der Waals surface area (Å²) < 4.78 is 4.92. The zero-order chi connectivity index (χ0) is 19.8. The van der Waals surface area contributed by atoms with E-state index in [0.29, 0.717) is 11.4 Å². The van der Waals surface area contributed by atoms with Crippen molar-refractivity contribution in [2.75, 3.05) is 17.2 Å². The molecule has 0 bridgehead atoms. The molecule has 0 aliphatic heterocycles. The molecule has 0 aliphatic carbocycles. The molecule has 6 heteroatoms. The second-order valence-electron chi connectivity index (χ2n) is 6.37. The molecule has 0 aromatic heterocycles. The third-order valence-corrected chi connectivity index (χ3v) is 4.13. The predicted molar refractivity (Wildman–Crippen MR) is 105 cm³/mol. The first-order valence-electron chi connectivity index (χ1n) is 8.73. The predicted octanol–water partition coefficient (Wildman–Crippen LogP) is 3.51. The Labute approximate surface area is 158 Å². The third-order valence-electron chi connectivity index (χ3n) is 4.13. The van der Waals surface area contributed by atoms with Crippen molar-refractivity contribution in [3.63, 3.8) is 0 Å². The number of para-hydroxylation sites is 1. The number of hydrogen-bond acceptors (Lipinski definition) is 4. The fourth-order valence-corrected chi connectivity index (χ4v) is 2.38. The van der Waals surface area contributed by atoms with Gasteiger partial charge in [-0.15, -0.1) is 0 Å². The van der Waals surface area contributed by atoms with Crippen molar-refractivity contribution in [3.05, 3.63) is 59.2 Å². The van der Waals surface area contributed by atoms with Gasteiger partial charge in [0, 0.05) is 17.8 Å². The van der Waals surface area contributed by atoms with Crippen LogP contribution in [0.15, 0.2) is 42.5 Å². The lowest BCUT2D eigenvalue weighted by molar-refractivity contribution is -0.147. The fourth-order valence-electron chi connectivity index (χ4n) is 2.38. The number of carbonyl (C=O) groups excluding carboxylic acids is 3. The molecule has 2 amide bonds. The van der Waals surface area contributed by atoms with Crippen LogP contribution in [-0.4, -0.2) is 24.4 Å². The second-order valence-corrected chi connectivity index (χ2v) is 6.37. The summed E-state index contributed by atoms with van der Waals surface area (Å²) in [5, 5.41) is 5.42. The van der Waals surface area contributed by atoms with E-state index in [-0.39, 0.29) is 25.4 Å². The molecule has 0 unspecified atom stereocenters. The molecule has 2 aromatic carbocycles. The van der Waals surface area contributed by atoms with Crippen molar-refractivity contribution < 1.29 is 19.1 Å². The number of aryl methyl sites for hydroxylation is 3. The van der Waals surface area contributed by atoms with Crippen LogP contribution in [0.3, 0.4) is 0 Å². The van der Waals surface area contributed by atoms with Crippen molar-refractivity contribution in [3.8, 4) is 0 Å². The molecule has 142 valence electrons. The highest BCUT2D eigenvalue weighted by Crippen LogP contribution is 2.15. The van der Waals surface area contributed by atoms with Crippen LogP contribution in [0.25, 0.3) is 0 Å². The number of nitrogens with one attached hydrogen (secondary N) is 2. The largest absolute Gasteiger partial charge is 0.456 e. The highest BCUT2D eigenvalue weighted by atomic mass is 16.5. The van der Waals surface area contributed by atoms with Crippen molar-refractivity contribution in [1.29, 1.82) is 0 Å². The first-order chi connectivity index (χ1) is 12.8. The Hall–Kier alpha value is -3.15. The number of benzene rings is 2. The molecular weight excluding hydrogens is 344 g/mol. The molecule has 0 spiro atoms. The molecular formula is C21H24N2O4. The smallest absolute Gasteiger partial charge is 0.306 e. The van der Waals surface area contributed by atoms with Crippen LogP contribution >= 0.6 is 0 Å². The summed E-state index contributed by atoms with van der Waals surface area (Å²) in [6, 6.07) is 12.9. The van der Waals surface area contributed by atoms with Crippen LogP contribution in [0.4, 0.5) is 11.4 Å². The SMILES string of the molecule is Cc1ccc(NC(=O)CCC(=O)OCC(=O)Nc2ccccc2C)cc1C. The first-order valence-corrected chi connectivity index (χ1v) is 8.73. The Bertz CT molecular complexity index is 846. The molecule has 0 saturated carbocycles. The van der Waals surface area contributed by atoms with E-state index >= 15 is 0 Å². The maximum Gasteiger partial charge on any atom is 0.306 e. The van der Waals surface area contributed by atoms with Gasteiger partial charge in [0.2, 0.25) is 5.91 Å². The maximum atomic E-state index is 11.9. The number of rotatable bonds is 7. The Morgan fingerprint density at radius 3 is 2.26 bits per heavy atom. The quantitative estimate of drug-likeness (QED) is 0.733. The summed E-state index contributed by atoms with van der Waals surface area (Å²) in [6.07, 6.45) is -0.0977. The number of esters is 1. The molecule has 2 aromatic rings. The Morgan fingerprint density at radius 2 is 1.56 bits per heavy atom. The third kappa shape index (κ3) is 6.58. The minimum absolute atomic E-state index is 0.00876. The average Bonchev–Trinajstić information content (AvgIpc) is 2.63. The Balaban J connectivity index is 1.70. The summed E-state index contributed by atoms with van der Waals surface area (Å²) in [6.45, 7) is 5.44. The van der Waals surface area contributed by atoms with Crippen molar-refractivity contribution >= 4 is 29.2 Å². The van der Waals surface area contributed by atoms with E-state index in [1.165, 1.54) is 0 Å². The Kier molecular flexibility index (Phi) is 7.11. The van der Waals surface area contributed by atoms with Crippen molar-refractivity contribution in [2.45, 2.75) is 33.6 Å².